The zero-order valence-electron chi connectivity index (χ0n) is 8.26. The molecule has 0 saturated carbocycles. The van der Waals surface area contributed by atoms with Gasteiger partial charge in [-0.2, -0.15) is 0 Å². The maximum absolute atomic E-state index is 5.30. The molecule has 0 aromatic heterocycles. The van der Waals surface area contributed by atoms with Gasteiger partial charge in [-0.3, -0.25) is 0 Å². The maximum atomic E-state index is 5.30. The SMILES string of the molecule is NCC1COCCO1.c1ccccc1. The lowest BCUT2D eigenvalue weighted by atomic mass is 10.3. The van der Waals surface area contributed by atoms with Gasteiger partial charge >= 0.3 is 0 Å². The minimum absolute atomic E-state index is 0.142. The Hall–Kier alpha value is -0.900. The highest BCUT2D eigenvalue weighted by Gasteiger charge is 2.10. The molecule has 1 saturated heterocycles. The summed E-state index contributed by atoms with van der Waals surface area (Å²) in [6, 6.07) is 12.0. The largest absolute Gasteiger partial charge is 0.376 e. The summed E-state index contributed by atoms with van der Waals surface area (Å²) in [7, 11) is 0. The van der Waals surface area contributed by atoms with Gasteiger partial charge in [0.25, 0.3) is 0 Å². The molecule has 14 heavy (non-hydrogen) atoms. The first-order chi connectivity index (χ1) is 6.93. The topological polar surface area (TPSA) is 44.5 Å². The van der Waals surface area contributed by atoms with E-state index in [4.69, 9.17) is 15.2 Å². The van der Waals surface area contributed by atoms with Crippen molar-refractivity contribution in [3.8, 4) is 0 Å². The Balaban J connectivity index is 0.000000146. The Kier molecular flexibility index (Phi) is 5.99. The van der Waals surface area contributed by atoms with Gasteiger partial charge in [0.1, 0.15) is 0 Å². The van der Waals surface area contributed by atoms with E-state index in [2.05, 4.69) is 0 Å². The maximum Gasteiger partial charge on any atom is 0.0931 e. The summed E-state index contributed by atoms with van der Waals surface area (Å²) < 4.78 is 10.2. The molecule has 1 unspecified atom stereocenters. The summed E-state index contributed by atoms with van der Waals surface area (Å²) in [6.07, 6.45) is 0.142. The molecule has 1 aromatic carbocycles. The van der Waals surface area contributed by atoms with Gasteiger partial charge < -0.3 is 15.2 Å². The van der Waals surface area contributed by atoms with Crippen LogP contribution < -0.4 is 5.73 Å². The van der Waals surface area contributed by atoms with E-state index in [1.165, 1.54) is 0 Å². The van der Waals surface area contributed by atoms with Crippen molar-refractivity contribution in [2.45, 2.75) is 6.10 Å². The van der Waals surface area contributed by atoms with Crippen molar-refractivity contribution in [3.63, 3.8) is 0 Å². The second-order valence-electron chi connectivity index (χ2n) is 2.96. The van der Waals surface area contributed by atoms with Gasteiger partial charge in [-0.05, 0) is 0 Å². The van der Waals surface area contributed by atoms with E-state index in [9.17, 15) is 0 Å². The van der Waals surface area contributed by atoms with Gasteiger partial charge in [0, 0.05) is 6.54 Å². The Morgan fingerprint density at radius 1 is 1.00 bits per heavy atom. The van der Waals surface area contributed by atoms with Crippen LogP contribution in [0.1, 0.15) is 0 Å². The number of hydrogen-bond donors (Lipinski definition) is 1. The molecule has 0 aliphatic carbocycles. The minimum Gasteiger partial charge on any atom is -0.376 e. The summed E-state index contributed by atoms with van der Waals surface area (Å²) >= 11 is 0. The van der Waals surface area contributed by atoms with E-state index in [1.807, 2.05) is 36.4 Å². The molecule has 1 aliphatic heterocycles. The highest BCUT2D eigenvalue weighted by molar-refractivity contribution is 4.99. The highest BCUT2D eigenvalue weighted by Crippen LogP contribution is 1.96. The van der Waals surface area contributed by atoms with Gasteiger partial charge in [0.15, 0.2) is 0 Å². The third-order valence-electron chi connectivity index (χ3n) is 1.81. The van der Waals surface area contributed by atoms with Gasteiger partial charge in [-0.15, -0.1) is 0 Å². The smallest absolute Gasteiger partial charge is 0.0931 e. The van der Waals surface area contributed by atoms with Crippen LogP contribution in [-0.2, 0) is 9.47 Å². The molecule has 2 rings (SSSR count). The minimum atomic E-state index is 0.142. The lowest BCUT2D eigenvalue weighted by molar-refractivity contribution is -0.0834. The molecule has 1 aromatic rings. The number of nitrogens with two attached hydrogens (primary N) is 1. The lowest BCUT2D eigenvalue weighted by Gasteiger charge is -2.20. The molecule has 0 spiro atoms. The van der Waals surface area contributed by atoms with Crippen LogP contribution in [0.2, 0.25) is 0 Å². The molecule has 0 bridgehead atoms. The Morgan fingerprint density at radius 2 is 1.57 bits per heavy atom. The monoisotopic (exact) mass is 195 g/mol. The van der Waals surface area contributed by atoms with Crippen molar-refractivity contribution in [1.82, 2.24) is 0 Å². The van der Waals surface area contributed by atoms with Gasteiger partial charge in [-0.1, -0.05) is 36.4 Å². The van der Waals surface area contributed by atoms with Crippen molar-refractivity contribution in [1.29, 1.82) is 0 Å². The van der Waals surface area contributed by atoms with Crippen LogP contribution in [0, 0.1) is 0 Å². The van der Waals surface area contributed by atoms with Crippen molar-refractivity contribution < 1.29 is 9.47 Å². The molecule has 3 nitrogen and oxygen atoms in total. The van der Waals surface area contributed by atoms with Gasteiger partial charge in [0.05, 0.1) is 25.9 Å². The number of hydrogen-bond acceptors (Lipinski definition) is 3. The fourth-order valence-electron chi connectivity index (χ4n) is 1.06. The van der Waals surface area contributed by atoms with E-state index in [0.717, 1.165) is 6.61 Å². The summed E-state index contributed by atoms with van der Waals surface area (Å²) in [5.74, 6) is 0. The van der Waals surface area contributed by atoms with E-state index in [-0.39, 0.29) is 6.10 Å². The quantitative estimate of drug-likeness (QED) is 0.728. The number of rotatable bonds is 1. The Labute approximate surface area is 84.8 Å². The molecule has 1 aliphatic rings. The third-order valence-corrected chi connectivity index (χ3v) is 1.81. The molecule has 1 fully saturated rings. The Bertz CT molecular complexity index is 183. The Morgan fingerprint density at radius 3 is 1.86 bits per heavy atom. The molecule has 0 amide bonds. The van der Waals surface area contributed by atoms with Crippen molar-refractivity contribution in [3.05, 3.63) is 36.4 Å². The van der Waals surface area contributed by atoms with Crippen LogP contribution >= 0.6 is 0 Å². The molecule has 0 radical (unpaired) electrons. The zero-order chi connectivity index (χ0) is 10.1. The van der Waals surface area contributed by atoms with Crippen molar-refractivity contribution >= 4 is 0 Å². The van der Waals surface area contributed by atoms with E-state index in [1.54, 1.807) is 0 Å². The van der Waals surface area contributed by atoms with Crippen LogP contribution in [-0.4, -0.2) is 32.5 Å². The molecule has 3 heteroatoms. The zero-order valence-corrected chi connectivity index (χ0v) is 8.26. The van der Waals surface area contributed by atoms with Crippen LogP contribution in [0.4, 0.5) is 0 Å². The van der Waals surface area contributed by atoms with Crippen LogP contribution in [0.5, 0.6) is 0 Å². The van der Waals surface area contributed by atoms with Gasteiger partial charge in [-0.25, -0.2) is 0 Å². The summed E-state index contributed by atoms with van der Waals surface area (Å²) in [5.41, 5.74) is 5.30. The van der Waals surface area contributed by atoms with Crippen LogP contribution in [0.3, 0.4) is 0 Å². The van der Waals surface area contributed by atoms with Crippen molar-refractivity contribution in [2.75, 3.05) is 26.4 Å². The van der Waals surface area contributed by atoms with Gasteiger partial charge in [0.2, 0.25) is 0 Å². The average molecular weight is 195 g/mol. The molecular formula is C11H17NO2. The van der Waals surface area contributed by atoms with Crippen LogP contribution in [0.25, 0.3) is 0 Å². The predicted molar refractivity (Wildman–Crippen MR) is 56.1 cm³/mol. The standard InChI is InChI=1S/C6H6.C5H11NO2/c1-2-4-6-5-3-1;6-3-5-4-7-1-2-8-5/h1-6H;5H,1-4,6H2. The van der Waals surface area contributed by atoms with E-state index < -0.39 is 0 Å². The normalized spacial score (nSPS) is 20.8. The molecule has 1 heterocycles. The summed E-state index contributed by atoms with van der Waals surface area (Å²) in [6.45, 7) is 2.65. The molecule has 1 atom stereocenters. The lowest BCUT2D eigenvalue weighted by Crippen LogP contribution is -2.34. The first kappa shape index (κ1) is 11.2. The van der Waals surface area contributed by atoms with E-state index in [0.29, 0.717) is 19.8 Å². The second-order valence-corrected chi connectivity index (χ2v) is 2.96. The summed E-state index contributed by atoms with van der Waals surface area (Å²) in [4.78, 5) is 0. The third kappa shape index (κ3) is 4.97. The number of ether oxygens (including phenoxy) is 2. The predicted octanol–water partition coefficient (Wildman–Crippen LogP) is 1.05. The molecular weight excluding hydrogens is 178 g/mol. The average Bonchev–Trinajstić information content (AvgIpc) is 2.33. The number of benzene rings is 1. The van der Waals surface area contributed by atoms with Crippen molar-refractivity contribution in [2.24, 2.45) is 5.73 Å². The van der Waals surface area contributed by atoms with E-state index >= 15 is 0 Å². The first-order valence-corrected chi connectivity index (χ1v) is 4.83. The highest BCUT2D eigenvalue weighted by atomic mass is 16.6. The first-order valence-electron chi connectivity index (χ1n) is 4.83. The summed E-state index contributed by atoms with van der Waals surface area (Å²) in [5, 5.41) is 0. The molecule has 2 N–H and O–H groups in total. The van der Waals surface area contributed by atoms with Crippen LogP contribution in [0.15, 0.2) is 36.4 Å². The fraction of sp³-hybridized carbons (Fsp3) is 0.455. The second kappa shape index (κ2) is 7.50. The fourth-order valence-corrected chi connectivity index (χ4v) is 1.06. The molecule has 78 valence electrons.